The summed E-state index contributed by atoms with van der Waals surface area (Å²) in [6, 6.07) is 3.87. The number of thiocarbonyl (C=S) groups is 1. The maximum atomic E-state index is 12.3. The number of amides is 1. The lowest BCUT2D eigenvalue weighted by Crippen LogP contribution is -2.48. The van der Waals surface area contributed by atoms with Crippen molar-refractivity contribution in [3.8, 4) is 0 Å². The quantitative estimate of drug-likeness (QED) is 0.783. The summed E-state index contributed by atoms with van der Waals surface area (Å²) in [6.07, 6.45) is 2.98. The molecule has 0 aliphatic rings. The van der Waals surface area contributed by atoms with Gasteiger partial charge in [-0.05, 0) is 31.4 Å². The van der Waals surface area contributed by atoms with Crippen molar-refractivity contribution in [2.24, 2.45) is 11.1 Å². The van der Waals surface area contributed by atoms with Gasteiger partial charge in [0.05, 0.1) is 10.4 Å². The summed E-state index contributed by atoms with van der Waals surface area (Å²) in [6.45, 7) is 6.22. The first kappa shape index (κ1) is 15.6. The Labute approximate surface area is 119 Å². The second kappa shape index (κ2) is 6.61. The third-order valence-electron chi connectivity index (χ3n) is 3.54. The molecule has 5 heteroatoms. The number of hydrogen-bond donors (Lipinski definition) is 2. The number of aryl methyl sites for hydroxylation is 1. The number of aromatic nitrogens is 1. The highest BCUT2D eigenvalue weighted by molar-refractivity contribution is 7.80. The lowest BCUT2D eigenvalue weighted by Gasteiger charge is -2.28. The van der Waals surface area contributed by atoms with Crippen molar-refractivity contribution in [1.29, 1.82) is 0 Å². The molecule has 19 heavy (non-hydrogen) atoms. The van der Waals surface area contributed by atoms with Gasteiger partial charge in [0.1, 0.15) is 0 Å². The highest BCUT2D eigenvalue weighted by Gasteiger charge is 2.37. The molecular weight excluding hydrogens is 258 g/mol. The fourth-order valence-electron chi connectivity index (χ4n) is 1.99. The predicted octanol–water partition coefficient (Wildman–Crippen LogP) is 2.10. The fraction of sp³-hybridized carbons (Fsp3) is 0.500. The average molecular weight is 279 g/mol. The van der Waals surface area contributed by atoms with Crippen LogP contribution in [0.2, 0.25) is 0 Å². The second-order valence-electron chi connectivity index (χ2n) is 4.64. The van der Waals surface area contributed by atoms with Gasteiger partial charge in [-0.2, -0.15) is 0 Å². The van der Waals surface area contributed by atoms with Crippen LogP contribution in [0.3, 0.4) is 0 Å². The average Bonchev–Trinajstić information content (AvgIpc) is 2.39. The zero-order valence-corrected chi connectivity index (χ0v) is 12.5. The van der Waals surface area contributed by atoms with Crippen LogP contribution in [0, 0.1) is 12.3 Å². The molecule has 0 saturated heterocycles. The minimum atomic E-state index is -0.743. The number of hydrogen-bond acceptors (Lipinski definition) is 3. The molecule has 0 spiro atoms. The molecule has 0 bridgehead atoms. The van der Waals surface area contributed by atoms with Crippen molar-refractivity contribution >= 4 is 23.1 Å². The lowest BCUT2D eigenvalue weighted by atomic mass is 9.81. The fourth-order valence-corrected chi connectivity index (χ4v) is 2.37. The zero-order valence-electron chi connectivity index (χ0n) is 11.7. The molecule has 1 amide bonds. The molecule has 0 unspecified atom stereocenters. The number of pyridine rings is 1. The Hall–Kier alpha value is -1.49. The summed E-state index contributed by atoms with van der Waals surface area (Å²) in [4.78, 5) is 16.8. The van der Waals surface area contributed by atoms with E-state index in [0.29, 0.717) is 19.4 Å². The van der Waals surface area contributed by atoms with E-state index in [-0.39, 0.29) is 10.9 Å². The molecule has 1 aromatic heterocycles. The van der Waals surface area contributed by atoms with E-state index in [4.69, 9.17) is 18.0 Å². The van der Waals surface area contributed by atoms with Gasteiger partial charge in [-0.15, -0.1) is 0 Å². The molecule has 0 aliphatic carbocycles. The van der Waals surface area contributed by atoms with Crippen molar-refractivity contribution in [2.75, 3.05) is 0 Å². The lowest BCUT2D eigenvalue weighted by molar-refractivity contribution is -0.128. The molecule has 1 rings (SSSR count). The Morgan fingerprint density at radius 3 is 2.47 bits per heavy atom. The van der Waals surface area contributed by atoms with E-state index in [2.05, 4.69) is 10.3 Å². The summed E-state index contributed by atoms with van der Waals surface area (Å²) in [5, 5.41) is 2.90. The first-order valence-corrected chi connectivity index (χ1v) is 6.86. The number of carbonyl (C=O) groups excluding carboxylic acids is 1. The maximum absolute atomic E-state index is 12.3. The van der Waals surface area contributed by atoms with Crippen LogP contribution in [-0.4, -0.2) is 15.9 Å². The number of nitrogens with zero attached hydrogens (tertiary/aromatic N) is 1. The highest BCUT2D eigenvalue weighted by Crippen LogP contribution is 2.27. The molecule has 0 radical (unpaired) electrons. The molecule has 104 valence electrons. The Bertz CT molecular complexity index is 452. The summed E-state index contributed by atoms with van der Waals surface area (Å²) < 4.78 is 0. The van der Waals surface area contributed by atoms with Gasteiger partial charge in [-0.3, -0.25) is 9.78 Å². The molecule has 0 atom stereocenters. The number of rotatable bonds is 6. The largest absolute Gasteiger partial charge is 0.392 e. The van der Waals surface area contributed by atoms with Crippen LogP contribution >= 0.6 is 12.2 Å². The van der Waals surface area contributed by atoms with Crippen LogP contribution in [0.4, 0.5) is 0 Å². The normalized spacial score (nSPS) is 11.1. The van der Waals surface area contributed by atoms with Gasteiger partial charge in [0.2, 0.25) is 5.91 Å². The third-order valence-corrected chi connectivity index (χ3v) is 3.93. The Morgan fingerprint density at radius 1 is 1.42 bits per heavy atom. The van der Waals surface area contributed by atoms with Gasteiger partial charge in [-0.1, -0.05) is 32.1 Å². The molecule has 0 fully saturated rings. The van der Waals surface area contributed by atoms with E-state index < -0.39 is 5.41 Å². The molecule has 0 saturated carbocycles. The van der Waals surface area contributed by atoms with E-state index in [0.717, 1.165) is 11.3 Å². The van der Waals surface area contributed by atoms with Gasteiger partial charge in [-0.25, -0.2) is 0 Å². The molecule has 1 aromatic rings. The van der Waals surface area contributed by atoms with Gasteiger partial charge in [0, 0.05) is 18.4 Å². The van der Waals surface area contributed by atoms with Crippen molar-refractivity contribution < 1.29 is 4.79 Å². The van der Waals surface area contributed by atoms with Gasteiger partial charge < -0.3 is 11.1 Å². The van der Waals surface area contributed by atoms with Crippen LogP contribution in [-0.2, 0) is 11.3 Å². The summed E-state index contributed by atoms with van der Waals surface area (Å²) in [5.74, 6) is -0.106. The molecule has 1 heterocycles. The second-order valence-corrected chi connectivity index (χ2v) is 5.08. The monoisotopic (exact) mass is 279 g/mol. The van der Waals surface area contributed by atoms with Crippen LogP contribution in [0.25, 0.3) is 0 Å². The summed E-state index contributed by atoms with van der Waals surface area (Å²) in [7, 11) is 0. The summed E-state index contributed by atoms with van der Waals surface area (Å²) >= 11 is 5.06. The molecule has 0 aliphatic heterocycles. The van der Waals surface area contributed by atoms with Gasteiger partial charge in [0.15, 0.2) is 0 Å². The smallest absolute Gasteiger partial charge is 0.233 e. The van der Waals surface area contributed by atoms with Crippen LogP contribution in [0.15, 0.2) is 18.3 Å². The minimum Gasteiger partial charge on any atom is -0.392 e. The van der Waals surface area contributed by atoms with Crippen LogP contribution in [0.1, 0.15) is 37.9 Å². The van der Waals surface area contributed by atoms with Gasteiger partial charge >= 0.3 is 0 Å². The van der Waals surface area contributed by atoms with E-state index in [1.54, 1.807) is 6.20 Å². The third kappa shape index (κ3) is 3.50. The van der Waals surface area contributed by atoms with Crippen molar-refractivity contribution in [3.63, 3.8) is 0 Å². The highest BCUT2D eigenvalue weighted by atomic mass is 32.1. The number of nitrogens with one attached hydrogen (secondary N) is 1. The molecule has 0 aromatic carbocycles. The summed E-state index contributed by atoms with van der Waals surface area (Å²) in [5.41, 5.74) is 6.91. The van der Waals surface area contributed by atoms with Crippen molar-refractivity contribution in [2.45, 2.75) is 40.2 Å². The Balaban J connectivity index is 2.73. The van der Waals surface area contributed by atoms with E-state index in [1.807, 2.05) is 32.9 Å². The molecular formula is C14H21N3OS. The zero-order chi connectivity index (χ0) is 14.5. The molecule has 3 N–H and O–H groups in total. The van der Waals surface area contributed by atoms with E-state index in [1.165, 1.54) is 0 Å². The predicted molar refractivity (Wildman–Crippen MR) is 80.6 cm³/mol. The number of nitrogens with two attached hydrogens (primary N) is 1. The SMILES string of the molecule is CCC(CC)(C(=O)NCc1ccc(C)nc1)C(N)=S. The first-order valence-electron chi connectivity index (χ1n) is 6.46. The Morgan fingerprint density at radius 2 is 2.05 bits per heavy atom. The van der Waals surface area contributed by atoms with E-state index in [9.17, 15) is 4.79 Å². The molecule has 4 nitrogen and oxygen atoms in total. The minimum absolute atomic E-state index is 0.106. The Kier molecular flexibility index (Phi) is 5.42. The van der Waals surface area contributed by atoms with Crippen LogP contribution in [0.5, 0.6) is 0 Å². The first-order chi connectivity index (χ1) is 8.96. The van der Waals surface area contributed by atoms with Gasteiger partial charge in [0.25, 0.3) is 0 Å². The number of carbonyl (C=O) groups is 1. The van der Waals surface area contributed by atoms with Crippen molar-refractivity contribution in [3.05, 3.63) is 29.6 Å². The standard InChI is InChI=1S/C14H21N3OS/c1-4-14(5-2,12(15)19)13(18)17-9-11-7-6-10(3)16-8-11/h6-8H,4-5,9H2,1-3H3,(H2,15,19)(H,17,18). The maximum Gasteiger partial charge on any atom is 0.233 e. The van der Waals surface area contributed by atoms with E-state index >= 15 is 0 Å². The van der Waals surface area contributed by atoms with Crippen LogP contribution < -0.4 is 11.1 Å². The topological polar surface area (TPSA) is 68.0 Å². The van der Waals surface area contributed by atoms with Crippen molar-refractivity contribution in [1.82, 2.24) is 10.3 Å².